The Bertz CT molecular complexity index is 1330. The first kappa shape index (κ1) is 21.0. The quantitative estimate of drug-likeness (QED) is 0.416. The van der Waals surface area contributed by atoms with Crippen molar-refractivity contribution in [2.45, 2.75) is 45.1 Å². The first-order chi connectivity index (χ1) is 15.6. The summed E-state index contributed by atoms with van der Waals surface area (Å²) in [4.78, 5) is 37.0. The van der Waals surface area contributed by atoms with Gasteiger partial charge in [-0.25, -0.2) is 9.97 Å². The van der Waals surface area contributed by atoms with Crippen molar-refractivity contribution >= 4 is 39.5 Å². The molecule has 5 rings (SSSR count). The van der Waals surface area contributed by atoms with E-state index in [1.165, 1.54) is 4.88 Å². The molecular weight excluding hydrogens is 440 g/mol. The van der Waals surface area contributed by atoms with Crippen molar-refractivity contribution in [1.29, 1.82) is 0 Å². The fraction of sp³-hybridized carbons (Fsp3) is 0.333. The lowest BCUT2D eigenvalue weighted by Gasteiger charge is -2.12. The molecule has 164 valence electrons. The minimum Gasteiger partial charge on any atom is -0.356 e. The van der Waals surface area contributed by atoms with Gasteiger partial charge < -0.3 is 5.32 Å². The summed E-state index contributed by atoms with van der Waals surface area (Å²) in [5.74, 6) is 0.703. The molecule has 1 aromatic carbocycles. The van der Waals surface area contributed by atoms with Gasteiger partial charge in [0, 0.05) is 35.7 Å². The van der Waals surface area contributed by atoms with Crippen LogP contribution in [0.3, 0.4) is 0 Å². The van der Waals surface area contributed by atoms with Gasteiger partial charge >= 0.3 is 0 Å². The molecule has 1 fully saturated rings. The molecule has 1 N–H and O–H groups in total. The molecule has 0 radical (unpaired) electrons. The Morgan fingerprint density at radius 1 is 1.16 bits per heavy atom. The second-order valence-corrected chi connectivity index (χ2v) is 10.3. The van der Waals surface area contributed by atoms with E-state index in [9.17, 15) is 9.59 Å². The molecule has 1 aliphatic carbocycles. The first-order valence-corrected chi connectivity index (χ1v) is 12.6. The van der Waals surface area contributed by atoms with Crippen LogP contribution in [0.25, 0.3) is 21.5 Å². The maximum atomic E-state index is 12.9. The molecule has 1 amide bonds. The Balaban J connectivity index is 1.18. The van der Waals surface area contributed by atoms with Crippen molar-refractivity contribution in [1.82, 2.24) is 19.9 Å². The topological polar surface area (TPSA) is 76.9 Å². The van der Waals surface area contributed by atoms with Crippen molar-refractivity contribution in [2.24, 2.45) is 0 Å². The number of aromatic nitrogens is 3. The zero-order valence-electron chi connectivity index (χ0n) is 17.8. The lowest BCUT2D eigenvalue weighted by atomic mass is 10.2. The van der Waals surface area contributed by atoms with Gasteiger partial charge in [-0.2, -0.15) is 0 Å². The van der Waals surface area contributed by atoms with Crippen LogP contribution in [-0.4, -0.2) is 27.0 Å². The molecule has 1 aliphatic rings. The third-order valence-corrected chi connectivity index (χ3v) is 7.54. The number of nitrogens with one attached hydrogen (secondary N) is 1. The standard InChI is InChI=1S/C24H24N4O2S2/c1-15-26-20(14-31-15)21-9-8-17(32-21)12-13-25-23(29)11-10-22-27-19-5-3-2-4-18(19)24(30)28(22)16-6-7-16/h2-5,8-9,14,16H,6-7,10-13H2,1H3,(H,25,29). The van der Waals surface area contributed by atoms with Crippen molar-refractivity contribution in [3.63, 3.8) is 0 Å². The van der Waals surface area contributed by atoms with Crippen LogP contribution in [-0.2, 0) is 17.6 Å². The van der Waals surface area contributed by atoms with E-state index in [-0.39, 0.29) is 17.5 Å². The van der Waals surface area contributed by atoms with Gasteiger partial charge in [-0.3, -0.25) is 14.2 Å². The highest BCUT2D eigenvalue weighted by Crippen LogP contribution is 2.35. The predicted octanol–water partition coefficient (Wildman–Crippen LogP) is 4.52. The van der Waals surface area contributed by atoms with Crippen molar-refractivity contribution in [2.75, 3.05) is 6.54 Å². The van der Waals surface area contributed by atoms with Gasteiger partial charge in [-0.15, -0.1) is 22.7 Å². The molecule has 0 atom stereocenters. The summed E-state index contributed by atoms with van der Waals surface area (Å²) < 4.78 is 1.81. The second-order valence-electron chi connectivity index (χ2n) is 8.07. The van der Waals surface area contributed by atoms with Crippen LogP contribution in [0.15, 0.2) is 46.6 Å². The van der Waals surface area contributed by atoms with Gasteiger partial charge in [0.1, 0.15) is 5.82 Å². The third-order valence-electron chi connectivity index (χ3n) is 5.60. The van der Waals surface area contributed by atoms with Crippen LogP contribution in [0.1, 0.15) is 41.0 Å². The SMILES string of the molecule is Cc1nc(-c2ccc(CCNC(=O)CCc3nc4ccccc4c(=O)n3C3CC3)s2)cs1. The zero-order valence-corrected chi connectivity index (χ0v) is 19.5. The maximum absolute atomic E-state index is 12.9. The number of benzene rings is 1. The number of carbonyl (C=O) groups excluding carboxylic acids is 1. The number of thiophene rings is 1. The van der Waals surface area contributed by atoms with Crippen molar-refractivity contribution in [3.05, 3.63) is 67.8 Å². The van der Waals surface area contributed by atoms with E-state index in [4.69, 9.17) is 4.98 Å². The van der Waals surface area contributed by atoms with Crippen LogP contribution >= 0.6 is 22.7 Å². The van der Waals surface area contributed by atoms with Crippen LogP contribution in [0.4, 0.5) is 0 Å². The number of carbonyl (C=O) groups is 1. The Morgan fingerprint density at radius 2 is 2.00 bits per heavy atom. The first-order valence-electron chi connectivity index (χ1n) is 10.9. The lowest BCUT2D eigenvalue weighted by molar-refractivity contribution is -0.121. The van der Waals surface area contributed by atoms with E-state index in [2.05, 4.69) is 27.8 Å². The van der Waals surface area contributed by atoms with E-state index in [1.807, 2.05) is 35.8 Å². The Labute approximate surface area is 194 Å². The molecule has 8 heteroatoms. The van der Waals surface area contributed by atoms with Gasteiger partial charge in [0.25, 0.3) is 5.56 Å². The van der Waals surface area contributed by atoms with E-state index in [1.54, 1.807) is 22.7 Å². The van der Waals surface area contributed by atoms with Gasteiger partial charge in [-0.1, -0.05) is 12.1 Å². The number of amides is 1. The molecule has 3 aromatic heterocycles. The smallest absolute Gasteiger partial charge is 0.261 e. The predicted molar refractivity (Wildman–Crippen MR) is 129 cm³/mol. The van der Waals surface area contributed by atoms with Gasteiger partial charge in [0.2, 0.25) is 5.91 Å². The van der Waals surface area contributed by atoms with E-state index in [0.717, 1.165) is 34.8 Å². The number of para-hydroxylation sites is 1. The molecule has 0 spiro atoms. The molecule has 0 saturated heterocycles. The average molecular weight is 465 g/mol. The van der Waals surface area contributed by atoms with E-state index >= 15 is 0 Å². The molecule has 6 nitrogen and oxygen atoms in total. The molecule has 4 aromatic rings. The van der Waals surface area contributed by atoms with Gasteiger partial charge in [0.05, 0.1) is 26.5 Å². The monoisotopic (exact) mass is 464 g/mol. The summed E-state index contributed by atoms with van der Waals surface area (Å²) in [6.07, 6.45) is 3.59. The number of fused-ring (bicyclic) bond motifs is 1. The van der Waals surface area contributed by atoms with Crippen molar-refractivity contribution < 1.29 is 4.79 Å². The maximum Gasteiger partial charge on any atom is 0.261 e. The Hall–Kier alpha value is -2.84. The summed E-state index contributed by atoms with van der Waals surface area (Å²) >= 11 is 3.37. The lowest BCUT2D eigenvalue weighted by Crippen LogP contribution is -2.28. The molecule has 1 saturated carbocycles. The molecular formula is C24H24N4O2S2. The fourth-order valence-electron chi connectivity index (χ4n) is 3.84. The molecule has 0 aliphatic heterocycles. The highest BCUT2D eigenvalue weighted by molar-refractivity contribution is 7.16. The second kappa shape index (κ2) is 8.96. The summed E-state index contributed by atoms with van der Waals surface area (Å²) in [5.41, 5.74) is 1.74. The highest BCUT2D eigenvalue weighted by atomic mass is 32.1. The Morgan fingerprint density at radius 3 is 2.78 bits per heavy atom. The van der Waals surface area contributed by atoms with Gasteiger partial charge in [0.15, 0.2) is 0 Å². The normalized spacial score (nSPS) is 13.5. The van der Waals surface area contributed by atoms with Crippen LogP contribution in [0.5, 0.6) is 0 Å². The van der Waals surface area contributed by atoms with E-state index < -0.39 is 0 Å². The molecule has 0 bridgehead atoms. The zero-order chi connectivity index (χ0) is 22.1. The fourth-order valence-corrected chi connectivity index (χ4v) is 5.50. The third kappa shape index (κ3) is 4.52. The summed E-state index contributed by atoms with van der Waals surface area (Å²) in [6.45, 7) is 2.60. The van der Waals surface area contributed by atoms with Crippen LogP contribution in [0.2, 0.25) is 0 Å². The van der Waals surface area contributed by atoms with Crippen molar-refractivity contribution in [3.8, 4) is 10.6 Å². The van der Waals surface area contributed by atoms with E-state index in [0.29, 0.717) is 36.1 Å². The van der Waals surface area contributed by atoms with Crippen LogP contribution in [0, 0.1) is 6.92 Å². The molecule has 3 heterocycles. The summed E-state index contributed by atoms with van der Waals surface area (Å²) in [6, 6.07) is 11.9. The molecule has 0 unspecified atom stereocenters. The average Bonchev–Trinajstić information content (AvgIpc) is 3.34. The number of hydrogen-bond acceptors (Lipinski definition) is 6. The number of thiazole rings is 1. The minimum atomic E-state index is -0.0124. The van der Waals surface area contributed by atoms with Gasteiger partial charge in [-0.05, 0) is 50.5 Å². The number of nitrogens with zero attached hydrogens (tertiary/aromatic N) is 3. The minimum absolute atomic E-state index is 0.0114. The highest BCUT2D eigenvalue weighted by Gasteiger charge is 2.28. The summed E-state index contributed by atoms with van der Waals surface area (Å²) in [7, 11) is 0. The van der Waals surface area contributed by atoms with Crippen LogP contribution < -0.4 is 10.9 Å². The number of aryl methyl sites for hydroxylation is 2. The summed E-state index contributed by atoms with van der Waals surface area (Å²) in [5, 5.41) is 6.80. The largest absolute Gasteiger partial charge is 0.356 e. The number of rotatable bonds is 8. The molecule has 32 heavy (non-hydrogen) atoms. The number of hydrogen-bond donors (Lipinski definition) is 1. The Kier molecular flexibility index (Phi) is 5.89.